The van der Waals surface area contributed by atoms with Crippen molar-refractivity contribution < 1.29 is 18.3 Å². The number of hydrogen-bond acceptors (Lipinski definition) is 5. The summed E-state index contributed by atoms with van der Waals surface area (Å²) >= 11 is 0. The SMILES string of the molecule is CCOC(=O)Cn1nc2n(Cc3ccc(F)c(F)c3)c3ccccc3n2c(=O)c1=O. The lowest BCUT2D eigenvalue weighted by Gasteiger charge is -2.08. The molecule has 0 unspecified atom stereocenters. The maximum absolute atomic E-state index is 13.7. The minimum absolute atomic E-state index is 0.0538. The molecular formula is C20H16F2N4O4. The Bertz CT molecular complexity index is 1400. The molecule has 0 bridgehead atoms. The summed E-state index contributed by atoms with van der Waals surface area (Å²) in [5.74, 6) is -2.61. The fourth-order valence-electron chi connectivity index (χ4n) is 3.29. The summed E-state index contributed by atoms with van der Waals surface area (Å²) in [6.45, 7) is 1.26. The molecule has 0 aliphatic carbocycles. The molecule has 30 heavy (non-hydrogen) atoms. The fraction of sp³-hybridized carbons (Fsp3) is 0.200. The molecule has 154 valence electrons. The number of ether oxygens (including phenoxy) is 1. The topological polar surface area (TPSA) is 87.6 Å². The molecule has 0 radical (unpaired) electrons. The second kappa shape index (κ2) is 7.54. The van der Waals surface area contributed by atoms with Crippen LogP contribution in [0.5, 0.6) is 0 Å². The molecule has 2 aromatic carbocycles. The number of rotatable bonds is 5. The number of carbonyl (C=O) groups excluding carboxylic acids is 1. The largest absolute Gasteiger partial charge is 0.465 e. The van der Waals surface area contributed by atoms with Crippen molar-refractivity contribution in [3.05, 3.63) is 80.4 Å². The van der Waals surface area contributed by atoms with Gasteiger partial charge in [0, 0.05) is 0 Å². The van der Waals surface area contributed by atoms with Gasteiger partial charge in [0.1, 0.15) is 6.54 Å². The van der Waals surface area contributed by atoms with Crippen LogP contribution >= 0.6 is 0 Å². The van der Waals surface area contributed by atoms with Gasteiger partial charge in [-0.3, -0.25) is 14.4 Å². The molecule has 0 N–H and O–H groups in total. The Kier molecular flexibility index (Phi) is 4.90. The molecule has 0 aliphatic rings. The van der Waals surface area contributed by atoms with E-state index in [9.17, 15) is 23.2 Å². The number of halogens is 2. The predicted octanol–water partition coefficient (Wildman–Crippen LogP) is 1.70. The number of nitrogens with zero attached hydrogens (tertiary/aromatic N) is 4. The first-order chi connectivity index (χ1) is 14.4. The normalized spacial score (nSPS) is 11.3. The van der Waals surface area contributed by atoms with E-state index < -0.39 is 35.3 Å². The minimum atomic E-state index is -1.00. The second-order valence-corrected chi connectivity index (χ2v) is 6.53. The van der Waals surface area contributed by atoms with Gasteiger partial charge in [-0.2, -0.15) is 0 Å². The molecule has 0 fully saturated rings. The van der Waals surface area contributed by atoms with Gasteiger partial charge in [-0.25, -0.2) is 17.9 Å². The third kappa shape index (κ3) is 3.25. The van der Waals surface area contributed by atoms with Crippen LogP contribution in [0.4, 0.5) is 8.78 Å². The molecule has 10 heteroatoms. The minimum Gasteiger partial charge on any atom is -0.465 e. The lowest BCUT2D eigenvalue weighted by molar-refractivity contribution is -0.144. The first-order valence-corrected chi connectivity index (χ1v) is 9.11. The van der Waals surface area contributed by atoms with E-state index in [1.54, 1.807) is 35.8 Å². The van der Waals surface area contributed by atoms with E-state index in [0.717, 1.165) is 21.2 Å². The standard InChI is InChI=1S/C20H16F2N4O4/c1-2-30-17(27)11-25-18(28)19(29)26-16-6-4-3-5-15(16)24(20(26)23-25)10-12-7-8-13(21)14(22)9-12/h3-9H,2,10-11H2,1H3. The Morgan fingerprint density at radius 3 is 2.47 bits per heavy atom. The van der Waals surface area contributed by atoms with E-state index in [-0.39, 0.29) is 18.9 Å². The number of benzene rings is 2. The van der Waals surface area contributed by atoms with E-state index in [0.29, 0.717) is 16.6 Å². The Balaban J connectivity index is 1.96. The predicted molar refractivity (Wildman–Crippen MR) is 103 cm³/mol. The molecule has 2 aromatic heterocycles. The number of hydrogen-bond donors (Lipinski definition) is 0. The van der Waals surface area contributed by atoms with Gasteiger partial charge >= 0.3 is 17.1 Å². The molecule has 0 atom stereocenters. The van der Waals surface area contributed by atoms with Crippen molar-refractivity contribution in [2.45, 2.75) is 20.0 Å². The van der Waals surface area contributed by atoms with Crippen LogP contribution in [0.25, 0.3) is 16.8 Å². The van der Waals surface area contributed by atoms with Crippen LogP contribution < -0.4 is 11.1 Å². The number of imidazole rings is 1. The fourth-order valence-corrected chi connectivity index (χ4v) is 3.29. The molecule has 0 saturated carbocycles. The van der Waals surface area contributed by atoms with E-state index >= 15 is 0 Å². The summed E-state index contributed by atoms with van der Waals surface area (Å²) in [4.78, 5) is 37.1. The Morgan fingerprint density at radius 2 is 1.77 bits per heavy atom. The first-order valence-electron chi connectivity index (χ1n) is 9.11. The average Bonchev–Trinajstić information content (AvgIpc) is 3.02. The highest BCUT2D eigenvalue weighted by molar-refractivity contribution is 5.80. The smallest absolute Gasteiger partial charge is 0.333 e. The van der Waals surface area contributed by atoms with Crippen molar-refractivity contribution in [1.82, 2.24) is 18.7 Å². The maximum Gasteiger partial charge on any atom is 0.333 e. The summed E-state index contributed by atoms with van der Waals surface area (Å²) in [5, 5.41) is 4.19. The van der Waals surface area contributed by atoms with Gasteiger partial charge in [-0.05, 0) is 36.8 Å². The van der Waals surface area contributed by atoms with E-state index in [2.05, 4.69) is 5.10 Å². The van der Waals surface area contributed by atoms with Crippen molar-refractivity contribution in [2.75, 3.05) is 6.61 Å². The van der Waals surface area contributed by atoms with Crippen LogP contribution in [0.1, 0.15) is 12.5 Å². The summed E-state index contributed by atoms with van der Waals surface area (Å²) < 4.78 is 35.3. The number of para-hydroxylation sites is 2. The molecule has 0 amide bonds. The highest BCUT2D eigenvalue weighted by Gasteiger charge is 2.19. The van der Waals surface area contributed by atoms with Crippen molar-refractivity contribution in [3.63, 3.8) is 0 Å². The third-order valence-electron chi connectivity index (χ3n) is 4.59. The quantitative estimate of drug-likeness (QED) is 0.367. The summed E-state index contributed by atoms with van der Waals surface area (Å²) in [5.41, 5.74) is -0.455. The monoisotopic (exact) mass is 414 g/mol. The van der Waals surface area contributed by atoms with Gasteiger partial charge < -0.3 is 9.30 Å². The highest BCUT2D eigenvalue weighted by Crippen LogP contribution is 2.20. The zero-order valence-corrected chi connectivity index (χ0v) is 15.8. The first kappa shape index (κ1) is 19.5. The lowest BCUT2D eigenvalue weighted by atomic mass is 10.2. The molecule has 0 spiro atoms. The third-order valence-corrected chi connectivity index (χ3v) is 4.59. The maximum atomic E-state index is 13.7. The summed E-state index contributed by atoms with van der Waals surface area (Å²) in [6, 6.07) is 10.3. The number of aromatic nitrogens is 4. The Hall–Kier alpha value is -3.82. The van der Waals surface area contributed by atoms with Crippen molar-refractivity contribution >= 4 is 22.8 Å². The van der Waals surface area contributed by atoms with Crippen molar-refractivity contribution in [2.24, 2.45) is 0 Å². The Labute approximate surface area is 167 Å². The Morgan fingerprint density at radius 1 is 1.03 bits per heavy atom. The molecule has 0 aliphatic heterocycles. The molecule has 4 rings (SSSR count). The van der Waals surface area contributed by atoms with E-state index in [1.165, 1.54) is 6.07 Å². The van der Waals surface area contributed by atoms with Crippen molar-refractivity contribution in [1.29, 1.82) is 0 Å². The van der Waals surface area contributed by atoms with Crippen LogP contribution in [0.3, 0.4) is 0 Å². The second-order valence-electron chi connectivity index (χ2n) is 6.53. The van der Waals surface area contributed by atoms with Crippen LogP contribution in [0.2, 0.25) is 0 Å². The summed E-state index contributed by atoms with van der Waals surface area (Å²) in [6.07, 6.45) is 0. The average molecular weight is 414 g/mol. The molecule has 8 nitrogen and oxygen atoms in total. The zero-order chi connectivity index (χ0) is 21.4. The number of esters is 1. The van der Waals surface area contributed by atoms with Crippen molar-refractivity contribution in [3.8, 4) is 0 Å². The summed E-state index contributed by atoms with van der Waals surface area (Å²) in [7, 11) is 0. The van der Waals surface area contributed by atoms with Gasteiger partial charge in [-0.1, -0.05) is 18.2 Å². The van der Waals surface area contributed by atoms with Crippen LogP contribution in [0, 0.1) is 11.6 Å². The van der Waals surface area contributed by atoms with Gasteiger partial charge in [0.15, 0.2) is 11.6 Å². The van der Waals surface area contributed by atoms with Gasteiger partial charge in [0.2, 0.25) is 5.78 Å². The molecular weight excluding hydrogens is 398 g/mol. The van der Waals surface area contributed by atoms with E-state index in [4.69, 9.17) is 4.74 Å². The number of carbonyl (C=O) groups is 1. The van der Waals surface area contributed by atoms with Gasteiger partial charge in [0.05, 0.1) is 24.2 Å². The molecule has 0 saturated heterocycles. The zero-order valence-electron chi connectivity index (χ0n) is 15.8. The number of fused-ring (bicyclic) bond motifs is 3. The lowest BCUT2D eigenvalue weighted by Crippen LogP contribution is -2.42. The van der Waals surface area contributed by atoms with Gasteiger partial charge in [0.25, 0.3) is 0 Å². The molecule has 4 aromatic rings. The van der Waals surface area contributed by atoms with Crippen LogP contribution in [-0.2, 0) is 22.6 Å². The molecule has 2 heterocycles. The van der Waals surface area contributed by atoms with E-state index in [1.807, 2.05) is 0 Å². The van der Waals surface area contributed by atoms with Crippen LogP contribution in [0.15, 0.2) is 52.1 Å². The van der Waals surface area contributed by atoms with Gasteiger partial charge in [-0.15, -0.1) is 5.10 Å². The highest BCUT2D eigenvalue weighted by atomic mass is 19.2. The van der Waals surface area contributed by atoms with Crippen LogP contribution in [-0.4, -0.2) is 31.3 Å².